The molecule has 2 aromatic rings. The van der Waals surface area contributed by atoms with E-state index in [1.54, 1.807) is 11.1 Å². The van der Waals surface area contributed by atoms with E-state index in [1.807, 2.05) is 30.3 Å². The van der Waals surface area contributed by atoms with Gasteiger partial charge in [-0.1, -0.05) is 18.2 Å². The van der Waals surface area contributed by atoms with Crippen LogP contribution in [0.25, 0.3) is 10.9 Å². The minimum absolute atomic E-state index is 0.00785. The molecule has 0 radical (unpaired) electrons. The highest BCUT2D eigenvalue weighted by Gasteiger charge is 2.34. The number of nitrogens with zero attached hydrogens (tertiary/aromatic N) is 2. The Morgan fingerprint density at radius 1 is 1.43 bits per heavy atom. The Hall–Kier alpha value is -2.43. The second-order valence-electron chi connectivity index (χ2n) is 5.23. The van der Waals surface area contributed by atoms with Crippen LogP contribution >= 0.6 is 0 Å². The summed E-state index contributed by atoms with van der Waals surface area (Å²) in [6.07, 6.45) is 1.99. The molecule has 2 heterocycles. The summed E-state index contributed by atoms with van der Waals surface area (Å²) in [5.41, 5.74) is 1.92. The molecule has 108 valence electrons. The number of pyridine rings is 1. The maximum atomic E-state index is 12.0. The van der Waals surface area contributed by atoms with Crippen LogP contribution in [-0.2, 0) is 20.9 Å². The van der Waals surface area contributed by atoms with Gasteiger partial charge >= 0.3 is 5.97 Å². The van der Waals surface area contributed by atoms with Gasteiger partial charge in [-0.25, -0.2) is 0 Å². The van der Waals surface area contributed by atoms with Gasteiger partial charge in [0.15, 0.2) is 0 Å². The van der Waals surface area contributed by atoms with E-state index >= 15 is 0 Å². The van der Waals surface area contributed by atoms with Crippen LogP contribution in [-0.4, -0.2) is 35.4 Å². The molecule has 1 fully saturated rings. The first-order chi connectivity index (χ1) is 10.2. The van der Waals surface area contributed by atoms with Gasteiger partial charge in [-0.15, -0.1) is 0 Å². The number of methoxy groups -OCH3 is 1. The van der Waals surface area contributed by atoms with E-state index in [0.29, 0.717) is 13.1 Å². The average Bonchev–Trinajstić information content (AvgIpc) is 2.87. The zero-order valence-electron chi connectivity index (χ0n) is 11.8. The summed E-state index contributed by atoms with van der Waals surface area (Å²) in [7, 11) is 1.35. The van der Waals surface area contributed by atoms with Crippen molar-refractivity contribution in [3.63, 3.8) is 0 Å². The normalized spacial score (nSPS) is 18.2. The lowest BCUT2D eigenvalue weighted by Gasteiger charge is -2.16. The zero-order chi connectivity index (χ0) is 14.8. The summed E-state index contributed by atoms with van der Waals surface area (Å²) < 4.78 is 4.71. The van der Waals surface area contributed by atoms with Crippen LogP contribution in [0.4, 0.5) is 0 Å². The van der Waals surface area contributed by atoms with E-state index in [1.165, 1.54) is 7.11 Å². The number of amides is 1. The summed E-state index contributed by atoms with van der Waals surface area (Å²) in [6.45, 7) is 0.921. The molecule has 5 nitrogen and oxygen atoms in total. The predicted molar refractivity (Wildman–Crippen MR) is 77.3 cm³/mol. The Kier molecular flexibility index (Phi) is 3.56. The van der Waals surface area contributed by atoms with Gasteiger partial charge in [0.2, 0.25) is 5.91 Å². The maximum Gasteiger partial charge on any atom is 0.310 e. The molecule has 3 rings (SSSR count). The molecule has 1 amide bonds. The van der Waals surface area contributed by atoms with Crippen LogP contribution in [0.1, 0.15) is 12.0 Å². The summed E-state index contributed by atoms with van der Waals surface area (Å²) >= 11 is 0. The van der Waals surface area contributed by atoms with Crippen LogP contribution in [0.15, 0.2) is 36.5 Å². The first-order valence-corrected chi connectivity index (χ1v) is 6.86. The standard InChI is InChI=1S/C16H16N2O3/c1-21-16(20)13-8-15(19)18(10-13)9-11-4-5-12-3-2-6-17-14(12)7-11/h2-7,13H,8-10H2,1H3. The van der Waals surface area contributed by atoms with Gasteiger partial charge in [0.25, 0.3) is 0 Å². The summed E-state index contributed by atoms with van der Waals surface area (Å²) in [4.78, 5) is 29.5. The van der Waals surface area contributed by atoms with E-state index in [4.69, 9.17) is 4.74 Å². The second-order valence-corrected chi connectivity index (χ2v) is 5.23. The molecule has 1 unspecified atom stereocenters. The zero-order valence-corrected chi connectivity index (χ0v) is 11.8. The smallest absolute Gasteiger partial charge is 0.310 e. The fraction of sp³-hybridized carbons (Fsp3) is 0.312. The van der Waals surface area contributed by atoms with Crippen LogP contribution in [0, 0.1) is 5.92 Å². The molecule has 1 atom stereocenters. The highest BCUT2D eigenvalue weighted by molar-refractivity contribution is 5.87. The molecule has 0 N–H and O–H groups in total. The van der Waals surface area contributed by atoms with Gasteiger partial charge < -0.3 is 9.64 Å². The Morgan fingerprint density at radius 3 is 3.10 bits per heavy atom. The van der Waals surface area contributed by atoms with Crippen LogP contribution in [0.3, 0.4) is 0 Å². The molecule has 1 aliphatic heterocycles. The molecule has 0 aliphatic carbocycles. The predicted octanol–water partition coefficient (Wildman–Crippen LogP) is 1.76. The van der Waals surface area contributed by atoms with Crippen molar-refractivity contribution in [2.45, 2.75) is 13.0 Å². The Bertz CT molecular complexity index is 699. The second kappa shape index (κ2) is 5.52. The Balaban J connectivity index is 1.76. The quantitative estimate of drug-likeness (QED) is 0.806. The lowest BCUT2D eigenvalue weighted by molar-refractivity contribution is -0.145. The molecule has 1 aromatic carbocycles. The van der Waals surface area contributed by atoms with Crippen LogP contribution in [0.2, 0.25) is 0 Å². The molecule has 1 aromatic heterocycles. The Labute approximate surface area is 122 Å². The van der Waals surface area contributed by atoms with Crippen molar-refractivity contribution in [2.75, 3.05) is 13.7 Å². The SMILES string of the molecule is COC(=O)C1CC(=O)N(Cc2ccc3cccnc3c2)C1. The van der Waals surface area contributed by atoms with Gasteiger partial charge in [0.05, 0.1) is 18.5 Å². The van der Waals surface area contributed by atoms with E-state index < -0.39 is 0 Å². The van der Waals surface area contributed by atoms with Crippen molar-refractivity contribution in [1.29, 1.82) is 0 Å². The lowest BCUT2D eigenvalue weighted by atomic mass is 10.1. The molecular formula is C16H16N2O3. The van der Waals surface area contributed by atoms with Gasteiger partial charge in [0, 0.05) is 31.1 Å². The average molecular weight is 284 g/mol. The van der Waals surface area contributed by atoms with Crippen molar-refractivity contribution in [1.82, 2.24) is 9.88 Å². The number of benzene rings is 1. The van der Waals surface area contributed by atoms with Crippen molar-refractivity contribution in [3.8, 4) is 0 Å². The number of likely N-dealkylation sites (tertiary alicyclic amines) is 1. The highest BCUT2D eigenvalue weighted by Crippen LogP contribution is 2.22. The van der Waals surface area contributed by atoms with Gasteiger partial charge in [-0.3, -0.25) is 14.6 Å². The number of carbonyl (C=O) groups is 2. The number of hydrogen-bond donors (Lipinski definition) is 0. The lowest BCUT2D eigenvalue weighted by Crippen LogP contribution is -2.26. The first-order valence-electron chi connectivity index (χ1n) is 6.86. The number of hydrogen-bond acceptors (Lipinski definition) is 4. The van der Waals surface area contributed by atoms with Gasteiger partial charge in [0.1, 0.15) is 0 Å². The fourth-order valence-electron chi connectivity index (χ4n) is 2.68. The number of fused-ring (bicyclic) bond motifs is 1. The third kappa shape index (κ3) is 2.72. The number of esters is 1. The van der Waals surface area contributed by atoms with Crippen LogP contribution in [0.5, 0.6) is 0 Å². The number of ether oxygens (including phenoxy) is 1. The monoisotopic (exact) mass is 284 g/mol. The molecule has 21 heavy (non-hydrogen) atoms. The summed E-state index contributed by atoms with van der Waals surface area (Å²) in [6, 6.07) is 9.86. The fourth-order valence-corrected chi connectivity index (χ4v) is 2.68. The van der Waals surface area contributed by atoms with Crippen molar-refractivity contribution < 1.29 is 14.3 Å². The van der Waals surface area contributed by atoms with Gasteiger partial charge in [-0.05, 0) is 17.7 Å². The maximum absolute atomic E-state index is 12.0. The van der Waals surface area contributed by atoms with Crippen molar-refractivity contribution in [2.24, 2.45) is 5.92 Å². The number of aromatic nitrogens is 1. The largest absolute Gasteiger partial charge is 0.469 e. The van der Waals surface area contributed by atoms with Crippen molar-refractivity contribution in [3.05, 3.63) is 42.1 Å². The summed E-state index contributed by atoms with van der Waals surface area (Å²) in [5, 5.41) is 1.07. The molecule has 5 heteroatoms. The van der Waals surface area contributed by atoms with E-state index in [0.717, 1.165) is 16.5 Å². The van der Waals surface area contributed by atoms with Crippen molar-refractivity contribution >= 4 is 22.8 Å². The third-order valence-corrected chi connectivity index (χ3v) is 3.79. The van der Waals surface area contributed by atoms with E-state index in [2.05, 4.69) is 4.98 Å². The third-order valence-electron chi connectivity index (χ3n) is 3.79. The molecule has 1 saturated heterocycles. The number of rotatable bonds is 3. The molecule has 0 saturated carbocycles. The van der Waals surface area contributed by atoms with Crippen LogP contribution < -0.4 is 0 Å². The molecule has 0 bridgehead atoms. The molecule has 1 aliphatic rings. The number of carbonyl (C=O) groups excluding carboxylic acids is 2. The van der Waals surface area contributed by atoms with E-state index in [9.17, 15) is 9.59 Å². The topological polar surface area (TPSA) is 59.5 Å². The summed E-state index contributed by atoms with van der Waals surface area (Å²) in [5.74, 6) is -0.668. The minimum atomic E-state index is -0.346. The minimum Gasteiger partial charge on any atom is -0.469 e. The van der Waals surface area contributed by atoms with Gasteiger partial charge in [-0.2, -0.15) is 0 Å². The molecular weight excluding hydrogens is 268 g/mol. The van der Waals surface area contributed by atoms with E-state index in [-0.39, 0.29) is 24.2 Å². The first kappa shape index (κ1) is 13.5. The highest BCUT2D eigenvalue weighted by atomic mass is 16.5. The Morgan fingerprint density at radius 2 is 2.29 bits per heavy atom. The molecule has 0 spiro atoms.